The van der Waals surface area contributed by atoms with Crippen LogP contribution in [0.25, 0.3) is 16.6 Å². The van der Waals surface area contributed by atoms with Gasteiger partial charge in [-0.15, -0.1) is 0 Å². The molecule has 1 heterocycles. The van der Waals surface area contributed by atoms with Crippen molar-refractivity contribution >= 4 is 16.8 Å². The van der Waals surface area contributed by atoms with Crippen molar-refractivity contribution in [3.8, 4) is 5.69 Å². The van der Waals surface area contributed by atoms with Gasteiger partial charge >= 0.3 is 12.1 Å². The number of alkyl halides is 5. The highest BCUT2D eigenvalue weighted by molar-refractivity contribution is 5.84. The first-order valence-electron chi connectivity index (χ1n) is 11.3. The molecule has 0 saturated carbocycles. The number of halogens is 6. The minimum atomic E-state index is -5.99. The zero-order valence-electron chi connectivity index (χ0n) is 19.9. The summed E-state index contributed by atoms with van der Waals surface area (Å²) in [6, 6.07) is 20.3. The van der Waals surface area contributed by atoms with Gasteiger partial charge in [0.25, 0.3) is 5.91 Å². The Morgan fingerprint density at radius 3 is 2.19 bits per heavy atom. The second-order valence-corrected chi connectivity index (χ2v) is 9.44. The van der Waals surface area contributed by atoms with Gasteiger partial charge in [-0.2, -0.15) is 27.1 Å². The maximum absolute atomic E-state index is 13.5. The summed E-state index contributed by atoms with van der Waals surface area (Å²) in [4.78, 5) is 11.8. The Morgan fingerprint density at radius 2 is 1.57 bits per heavy atom. The van der Waals surface area contributed by atoms with Gasteiger partial charge in [0, 0.05) is 17.8 Å². The number of carbonyl (C=O) groups excluding carboxylic acids is 1. The Labute approximate surface area is 208 Å². The molecule has 4 aromatic rings. The van der Waals surface area contributed by atoms with E-state index in [1.165, 1.54) is 12.1 Å². The standard InChI is InChI=1S/C27H23F6N3O/c1-25(2,16-34-24(37)26(29,30)27(31,32)33)23(17-6-4-3-5-7-17)18-8-13-22-19(14-18)15-35-36(22)21-11-9-20(28)10-12-21/h3-15,23H,16H2,1-2H3,(H,34,37)/t23-/m0/s1. The van der Waals surface area contributed by atoms with E-state index in [9.17, 15) is 31.1 Å². The minimum absolute atomic E-state index is 0.379. The Balaban J connectivity index is 1.69. The average molecular weight is 519 g/mol. The number of carbonyl (C=O) groups is 1. The second kappa shape index (κ2) is 9.57. The van der Waals surface area contributed by atoms with Crippen LogP contribution in [0.5, 0.6) is 0 Å². The van der Waals surface area contributed by atoms with Gasteiger partial charge in [0.05, 0.1) is 17.4 Å². The molecule has 1 N–H and O–H groups in total. The summed E-state index contributed by atoms with van der Waals surface area (Å²) >= 11 is 0. The molecule has 10 heteroatoms. The number of hydrogen-bond donors (Lipinski definition) is 1. The van der Waals surface area contributed by atoms with Crippen molar-refractivity contribution in [3.63, 3.8) is 0 Å². The fraction of sp³-hybridized carbons (Fsp3) is 0.259. The zero-order valence-corrected chi connectivity index (χ0v) is 19.9. The van der Waals surface area contributed by atoms with E-state index in [-0.39, 0.29) is 5.82 Å². The first-order valence-corrected chi connectivity index (χ1v) is 11.3. The van der Waals surface area contributed by atoms with Crippen LogP contribution in [-0.2, 0) is 4.79 Å². The Kier molecular flexibility index (Phi) is 6.79. The molecule has 1 amide bonds. The van der Waals surface area contributed by atoms with Gasteiger partial charge in [-0.25, -0.2) is 9.07 Å². The number of fused-ring (bicyclic) bond motifs is 1. The summed E-state index contributed by atoms with van der Waals surface area (Å²) in [5, 5.41) is 6.93. The molecule has 0 fully saturated rings. The summed E-state index contributed by atoms with van der Waals surface area (Å²) < 4.78 is 80.0. The van der Waals surface area contributed by atoms with Crippen LogP contribution in [0.1, 0.15) is 30.9 Å². The Morgan fingerprint density at radius 1 is 0.919 bits per heavy atom. The van der Waals surface area contributed by atoms with E-state index in [1.54, 1.807) is 60.4 Å². The van der Waals surface area contributed by atoms with Crippen LogP contribution in [0.3, 0.4) is 0 Å². The minimum Gasteiger partial charge on any atom is -0.350 e. The van der Waals surface area contributed by atoms with Crippen molar-refractivity contribution in [2.24, 2.45) is 5.41 Å². The average Bonchev–Trinajstić information content (AvgIpc) is 3.26. The summed E-state index contributed by atoms with van der Waals surface area (Å²) in [6.45, 7) is 2.93. The largest absolute Gasteiger partial charge is 0.463 e. The predicted molar refractivity (Wildman–Crippen MR) is 127 cm³/mol. The van der Waals surface area contributed by atoms with Crippen molar-refractivity contribution in [3.05, 3.63) is 95.9 Å². The van der Waals surface area contributed by atoms with Crippen molar-refractivity contribution in [2.75, 3.05) is 6.54 Å². The zero-order chi connectivity index (χ0) is 27.0. The van der Waals surface area contributed by atoms with Crippen molar-refractivity contribution in [2.45, 2.75) is 31.9 Å². The molecule has 37 heavy (non-hydrogen) atoms. The first-order chi connectivity index (χ1) is 17.3. The van der Waals surface area contributed by atoms with Crippen molar-refractivity contribution in [1.29, 1.82) is 0 Å². The third kappa shape index (κ3) is 5.19. The number of rotatable bonds is 7. The van der Waals surface area contributed by atoms with Crippen LogP contribution in [-0.4, -0.2) is 34.3 Å². The fourth-order valence-electron chi connectivity index (χ4n) is 4.41. The van der Waals surface area contributed by atoms with Crippen LogP contribution in [0.15, 0.2) is 79.0 Å². The van der Waals surface area contributed by atoms with Crippen molar-refractivity contribution in [1.82, 2.24) is 15.1 Å². The molecule has 0 aliphatic carbocycles. The highest BCUT2D eigenvalue weighted by Gasteiger charge is 2.63. The molecular formula is C27H23F6N3O. The number of aromatic nitrogens is 2. The smallest absolute Gasteiger partial charge is 0.350 e. The maximum atomic E-state index is 13.5. The highest BCUT2D eigenvalue weighted by atomic mass is 19.4. The van der Waals surface area contributed by atoms with E-state index in [0.717, 1.165) is 22.0 Å². The van der Waals surface area contributed by atoms with Gasteiger partial charge in [0.2, 0.25) is 0 Å². The molecular weight excluding hydrogens is 496 g/mol. The molecule has 1 atom stereocenters. The molecule has 0 aliphatic heterocycles. The van der Waals surface area contributed by atoms with Gasteiger partial charge in [-0.1, -0.05) is 50.2 Å². The number of hydrogen-bond acceptors (Lipinski definition) is 2. The van der Waals surface area contributed by atoms with Crippen LogP contribution >= 0.6 is 0 Å². The number of nitrogens with one attached hydrogen (secondary N) is 1. The number of amides is 1. The Hall–Kier alpha value is -3.82. The quantitative estimate of drug-likeness (QED) is 0.279. The molecule has 3 aromatic carbocycles. The van der Waals surface area contributed by atoms with E-state index >= 15 is 0 Å². The molecule has 0 saturated heterocycles. The normalized spacial score (nSPS) is 13.5. The van der Waals surface area contributed by atoms with E-state index in [0.29, 0.717) is 5.69 Å². The van der Waals surface area contributed by atoms with Crippen LogP contribution < -0.4 is 5.32 Å². The maximum Gasteiger partial charge on any atom is 0.463 e. The monoisotopic (exact) mass is 519 g/mol. The second-order valence-electron chi connectivity index (χ2n) is 9.44. The lowest BCUT2D eigenvalue weighted by Gasteiger charge is -2.36. The van der Waals surface area contributed by atoms with Gasteiger partial charge in [0.1, 0.15) is 5.82 Å². The van der Waals surface area contributed by atoms with Gasteiger partial charge in [0.15, 0.2) is 0 Å². The Bertz CT molecular complexity index is 1400. The van der Waals surface area contributed by atoms with E-state index < -0.39 is 35.9 Å². The lowest BCUT2D eigenvalue weighted by molar-refractivity contribution is -0.269. The molecule has 0 unspecified atom stereocenters. The van der Waals surface area contributed by atoms with E-state index in [1.807, 2.05) is 30.3 Å². The summed E-state index contributed by atoms with van der Waals surface area (Å²) in [5.41, 5.74) is 1.95. The number of benzene rings is 3. The fourth-order valence-corrected chi connectivity index (χ4v) is 4.41. The van der Waals surface area contributed by atoms with E-state index in [4.69, 9.17) is 0 Å². The van der Waals surface area contributed by atoms with Gasteiger partial charge < -0.3 is 5.32 Å². The van der Waals surface area contributed by atoms with E-state index in [2.05, 4.69) is 5.10 Å². The molecule has 4 rings (SSSR count). The van der Waals surface area contributed by atoms with Crippen LogP contribution in [0.4, 0.5) is 26.3 Å². The first kappa shape index (κ1) is 26.2. The lowest BCUT2D eigenvalue weighted by Crippen LogP contribution is -2.52. The SMILES string of the molecule is CC(C)(CNC(=O)C(F)(F)C(F)(F)F)[C@@H](c1ccccc1)c1ccc2c(cnn2-c2ccc(F)cc2)c1. The van der Waals surface area contributed by atoms with Crippen LogP contribution in [0.2, 0.25) is 0 Å². The molecule has 0 spiro atoms. The summed E-state index contributed by atoms with van der Waals surface area (Å²) in [6.07, 6.45) is -4.36. The lowest BCUT2D eigenvalue weighted by atomic mass is 9.71. The third-order valence-electron chi connectivity index (χ3n) is 6.26. The van der Waals surface area contributed by atoms with Crippen LogP contribution in [0, 0.1) is 11.2 Å². The number of nitrogens with zero attached hydrogens (tertiary/aromatic N) is 2. The molecule has 4 nitrogen and oxygen atoms in total. The molecule has 1 aromatic heterocycles. The molecule has 194 valence electrons. The topological polar surface area (TPSA) is 46.9 Å². The van der Waals surface area contributed by atoms with Crippen molar-refractivity contribution < 1.29 is 31.1 Å². The summed E-state index contributed by atoms with van der Waals surface area (Å²) in [7, 11) is 0. The molecule has 0 aliphatic rings. The molecule has 0 radical (unpaired) electrons. The predicted octanol–water partition coefficient (Wildman–Crippen LogP) is 6.64. The van der Waals surface area contributed by atoms with Gasteiger partial charge in [-0.05, 0) is 52.9 Å². The van der Waals surface area contributed by atoms with Gasteiger partial charge in [-0.3, -0.25) is 4.79 Å². The third-order valence-corrected chi connectivity index (χ3v) is 6.26. The molecule has 0 bridgehead atoms. The summed E-state index contributed by atoms with van der Waals surface area (Å²) in [5.74, 6) is -8.75. The highest BCUT2D eigenvalue weighted by Crippen LogP contribution is 2.42.